The summed E-state index contributed by atoms with van der Waals surface area (Å²) in [6.45, 7) is 4.38. The van der Waals surface area contributed by atoms with Crippen LogP contribution in [0.3, 0.4) is 0 Å². The summed E-state index contributed by atoms with van der Waals surface area (Å²) in [5.74, 6) is 0. The van der Waals surface area contributed by atoms with Crippen molar-refractivity contribution in [2.24, 2.45) is 5.41 Å². The van der Waals surface area contributed by atoms with Crippen LogP contribution in [0.1, 0.15) is 13.8 Å². The van der Waals surface area contributed by atoms with Crippen LogP contribution in [0.25, 0.3) is 0 Å². The van der Waals surface area contributed by atoms with Gasteiger partial charge in [-0.1, -0.05) is 26.0 Å². The molecule has 3 N–H and O–H groups in total. The maximum absolute atomic E-state index is 2.19. The largest absolute Gasteiger partial charge is 0.344 e. The lowest BCUT2D eigenvalue weighted by molar-refractivity contribution is 0.732. The first-order valence-electron chi connectivity index (χ1n) is 1.91. The van der Waals surface area contributed by atoms with Gasteiger partial charge in [0, 0.05) is 5.41 Å². The van der Waals surface area contributed by atoms with Gasteiger partial charge in [0.05, 0.1) is 0 Å². The topological polar surface area (TPSA) is 35.0 Å². The predicted octanol–water partition coefficient (Wildman–Crippen LogP) is 1.74. The molecule has 0 saturated heterocycles. The van der Waals surface area contributed by atoms with Crippen LogP contribution < -0.4 is 6.15 Å². The summed E-state index contributed by atoms with van der Waals surface area (Å²) < 4.78 is 0. The van der Waals surface area contributed by atoms with Crippen LogP contribution in [0.4, 0.5) is 0 Å². The molecule has 1 aliphatic rings. The highest BCUT2D eigenvalue weighted by Crippen LogP contribution is 2.31. The Balaban J connectivity index is 0.000000250. The van der Waals surface area contributed by atoms with Crippen LogP contribution in [0.15, 0.2) is 12.2 Å². The first kappa shape index (κ1) is 5.70. The van der Waals surface area contributed by atoms with Crippen molar-refractivity contribution in [3.63, 3.8) is 0 Å². The van der Waals surface area contributed by atoms with Crippen molar-refractivity contribution in [2.75, 3.05) is 0 Å². The molecule has 1 heteroatoms. The average molecular weight is 85.2 g/mol. The lowest BCUT2D eigenvalue weighted by Crippen LogP contribution is -1.79. The summed E-state index contributed by atoms with van der Waals surface area (Å²) >= 11 is 0. The molecule has 0 atom stereocenters. The highest BCUT2D eigenvalue weighted by atomic mass is 14.2. The van der Waals surface area contributed by atoms with Gasteiger partial charge < -0.3 is 6.15 Å². The van der Waals surface area contributed by atoms with Gasteiger partial charge in [0.2, 0.25) is 0 Å². The lowest BCUT2D eigenvalue weighted by Gasteiger charge is -1.88. The van der Waals surface area contributed by atoms with Crippen molar-refractivity contribution < 1.29 is 0 Å². The van der Waals surface area contributed by atoms with Crippen LogP contribution in [0.5, 0.6) is 0 Å². The SMILES string of the molecule is CC1(C)C=C1.N. The smallest absolute Gasteiger partial charge is 0.000503 e. The Bertz CT molecular complexity index is 64.0. The van der Waals surface area contributed by atoms with Crippen molar-refractivity contribution in [3.05, 3.63) is 12.2 Å². The molecule has 0 aliphatic heterocycles. The maximum atomic E-state index is 2.19. The van der Waals surface area contributed by atoms with Gasteiger partial charge in [0.15, 0.2) is 0 Å². The molecule has 1 aliphatic carbocycles. The molecule has 0 aromatic heterocycles. The van der Waals surface area contributed by atoms with Crippen molar-refractivity contribution in [2.45, 2.75) is 13.8 Å². The van der Waals surface area contributed by atoms with E-state index in [0.717, 1.165) is 0 Å². The highest BCUT2D eigenvalue weighted by molar-refractivity contribution is 5.21. The Morgan fingerprint density at radius 3 is 1.33 bits per heavy atom. The van der Waals surface area contributed by atoms with Crippen molar-refractivity contribution >= 4 is 0 Å². The van der Waals surface area contributed by atoms with E-state index in [9.17, 15) is 0 Å². The van der Waals surface area contributed by atoms with Gasteiger partial charge in [0.25, 0.3) is 0 Å². The number of hydrogen-bond acceptors (Lipinski definition) is 1. The molecule has 0 fully saturated rings. The molecule has 0 bridgehead atoms. The van der Waals surface area contributed by atoms with Gasteiger partial charge in [-0.15, -0.1) is 0 Å². The zero-order valence-corrected chi connectivity index (χ0v) is 4.36. The minimum atomic E-state index is 0. The van der Waals surface area contributed by atoms with Crippen molar-refractivity contribution in [1.29, 1.82) is 0 Å². The zero-order chi connectivity index (χ0) is 3.91. The Morgan fingerprint density at radius 1 is 1.17 bits per heavy atom. The molecule has 1 nitrogen and oxygen atoms in total. The van der Waals surface area contributed by atoms with Crippen molar-refractivity contribution in [1.82, 2.24) is 6.15 Å². The summed E-state index contributed by atoms with van der Waals surface area (Å²) in [6.07, 6.45) is 4.38. The van der Waals surface area contributed by atoms with E-state index in [4.69, 9.17) is 0 Å². The van der Waals surface area contributed by atoms with Gasteiger partial charge in [-0.3, -0.25) is 0 Å². The standard InChI is InChI=1S/C5H8.H3N/c1-5(2)3-4-5;/h3-4H,1-2H3;1H3. The molecule has 0 heterocycles. The molecule has 1 rings (SSSR count). The van der Waals surface area contributed by atoms with Gasteiger partial charge >= 0.3 is 0 Å². The third-order valence-corrected chi connectivity index (χ3v) is 0.833. The summed E-state index contributed by atoms with van der Waals surface area (Å²) in [6, 6.07) is 0. The van der Waals surface area contributed by atoms with Crippen molar-refractivity contribution in [3.8, 4) is 0 Å². The van der Waals surface area contributed by atoms with E-state index in [2.05, 4.69) is 26.0 Å². The summed E-state index contributed by atoms with van der Waals surface area (Å²) in [5, 5.41) is 0. The third kappa shape index (κ3) is 1.22. The van der Waals surface area contributed by atoms with Gasteiger partial charge in [-0.2, -0.15) is 0 Å². The van der Waals surface area contributed by atoms with Crippen LogP contribution in [0.2, 0.25) is 0 Å². The molecule has 0 spiro atoms. The van der Waals surface area contributed by atoms with E-state index in [0.29, 0.717) is 5.41 Å². The Kier molecular flexibility index (Phi) is 1.03. The van der Waals surface area contributed by atoms with E-state index in [1.165, 1.54) is 0 Å². The van der Waals surface area contributed by atoms with Gasteiger partial charge in [-0.05, 0) is 0 Å². The molecule has 6 heavy (non-hydrogen) atoms. The first-order chi connectivity index (χ1) is 2.21. The Hall–Kier alpha value is -0.300. The lowest BCUT2D eigenvalue weighted by atomic mass is 10.2. The first-order valence-corrected chi connectivity index (χ1v) is 1.91. The second-order valence-electron chi connectivity index (χ2n) is 2.15. The Morgan fingerprint density at radius 2 is 1.33 bits per heavy atom. The summed E-state index contributed by atoms with van der Waals surface area (Å²) in [5.41, 5.74) is 0.500. The predicted molar refractivity (Wildman–Crippen MR) is 27.9 cm³/mol. The fourth-order valence-electron chi connectivity index (χ4n) is 0.167. The van der Waals surface area contributed by atoms with Gasteiger partial charge in [0.1, 0.15) is 0 Å². The molecule has 0 unspecified atom stereocenters. The number of allylic oxidation sites excluding steroid dienone is 2. The van der Waals surface area contributed by atoms with E-state index in [-0.39, 0.29) is 6.15 Å². The summed E-state index contributed by atoms with van der Waals surface area (Å²) in [7, 11) is 0. The quantitative estimate of drug-likeness (QED) is 0.447. The summed E-state index contributed by atoms with van der Waals surface area (Å²) in [4.78, 5) is 0. The molecule has 0 aromatic carbocycles. The normalized spacial score (nSPS) is 22.3. The molecule has 36 valence electrons. The molecule has 0 saturated carbocycles. The molecule has 0 aromatic rings. The zero-order valence-electron chi connectivity index (χ0n) is 4.36. The van der Waals surface area contributed by atoms with Crippen LogP contribution in [-0.2, 0) is 0 Å². The third-order valence-electron chi connectivity index (χ3n) is 0.833. The van der Waals surface area contributed by atoms with E-state index in [1.807, 2.05) is 0 Å². The average Bonchev–Trinajstić information content (AvgIpc) is 1.76. The van der Waals surface area contributed by atoms with Gasteiger partial charge in [-0.25, -0.2) is 0 Å². The highest BCUT2D eigenvalue weighted by Gasteiger charge is 2.18. The molecule has 0 radical (unpaired) electrons. The molecular formula is C5H11N. The molecule has 0 amide bonds. The van der Waals surface area contributed by atoms with E-state index < -0.39 is 0 Å². The minimum absolute atomic E-state index is 0. The van der Waals surface area contributed by atoms with Crippen LogP contribution in [0, 0.1) is 5.41 Å². The second-order valence-corrected chi connectivity index (χ2v) is 2.15. The minimum Gasteiger partial charge on any atom is -0.344 e. The number of hydrogen-bond donors (Lipinski definition) is 1. The second kappa shape index (κ2) is 1.09. The van der Waals surface area contributed by atoms with E-state index >= 15 is 0 Å². The fraction of sp³-hybridized carbons (Fsp3) is 0.600. The maximum Gasteiger partial charge on any atom is 0.000503 e. The molecular weight excluding hydrogens is 74.1 g/mol. The monoisotopic (exact) mass is 85.1 g/mol. The van der Waals surface area contributed by atoms with Crippen LogP contribution in [-0.4, -0.2) is 0 Å². The van der Waals surface area contributed by atoms with Crippen LogP contribution >= 0.6 is 0 Å². The fourth-order valence-corrected chi connectivity index (χ4v) is 0.167. The van der Waals surface area contributed by atoms with E-state index in [1.54, 1.807) is 0 Å². The Labute approximate surface area is 38.6 Å². The number of rotatable bonds is 0.